The smallest absolute Gasteiger partial charge is 0.223 e. The molecule has 1 saturated carbocycles. The molecule has 4 nitrogen and oxygen atoms in total. The van der Waals surface area contributed by atoms with Crippen molar-refractivity contribution in [3.05, 3.63) is 45.2 Å². The molecule has 0 saturated heterocycles. The SMILES string of the molecule is Brc1cncc(Oc2ncc(Br)cc2CNC2CC2)c1. The number of hydrogen-bond donors (Lipinski definition) is 1. The molecule has 6 heteroatoms. The van der Waals surface area contributed by atoms with E-state index in [1.165, 1.54) is 12.8 Å². The summed E-state index contributed by atoms with van der Waals surface area (Å²) in [4.78, 5) is 8.44. The number of halogens is 2. The molecule has 20 heavy (non-hydrogen) atoms. The van der Waals surface area contributed by atoms with Crippen LogP contribution in [0.5, 0.6) is 11.6 Å². The normalized spacial score (nSPS) is 14.3. The Kier molecular flexibility index (Phi) is 4.33. The fraction of sp³-hybridized carbons (Fsp3) is 0.286. The van der Waals surface area contributed by atoms with Gasteiger partial charge >= 0.3 is 0 Å². The molecule has 0 spiro atoms. The predicted octanol–water partition coefficient (Wildman–Crippen LogP) is 4.05. The summed E-state index contributed by atoms with van der Waals surface area (Å²) in [6.45, 7) is 0.758. The second-order valence-electron chi connectivity index (χ2n) is 4.71. The van der Waals surface area contributed by atoms with Gasteiger partial charge in [0, 0.05) is 39.5 Å². The summed E-state index contributed by atoms with van der Waals surface area (Å²) in [5.74, 6) is 1.28. The van der Waals surface area contributed by atoms with Crippen molar-refractivity contribution >= 4 is 31.9 Å². The average molecular weight is 399 g/mol. The highest BCUT2D eigenvalue weighted by Gasteiger charge is 2.21. The highest BCUT2D eigenvalue weighted by Crippen LogP contribution is 2.27. The van der Waals surface area contributed by atoms with Crippen LogP contribution in [0.3, 0.4) is 0 Å². The Morgan fingerprint density at radius 1 is 1.15 bits per heavy atom. The topological polar surface area (TPSA) is 47.0 Å². The van der Waals surface area contributed by atoms with Crippen molar-refractivity contribution < 1.29 is 4.74 Å². The lowest BCUT2D eigenvalue weighted by atomic mass is 10.2. The number of rotatable bonds is 5. The zero-order valence-corrected chi connectivity index (χ0v) is 13.8. The maximum atomic E-state index is 5.83. The molecule has 0 bridgehead atoms. The molecule has 2 heterocycles. The molecule has 0 aromatic carbocycles. The van der Waals surface area contributed by atoms with Gasteiger partial charge in [0.15, 0.2) is 0 Å². The zero-order chi connectivity index (χ0) is 13.9. The van der Waals surface area contributed by atoms with E-state index in [9.17, 15) is 0 Å². The molecular weight excluding hydrogens is 386 g/mol. The maximum absolute atomic E-state index is 5.83. The van der Waals surface area contributed by atoms with Crippen LogP contribution in [0.15, 0.2) is 39.7 Å². The predicted molar refractivity (Wildman–Crippen MR) is 83.8 cm³/mol. The molecule has 0 radical (unpaired) electrons. The van der Waals surface area contributed by atoms with E-state index in [1.807, 2.05) is 12.1 Å². The molecule has 0 amide bonds. The Labute approximate surface area is 134 Å². The van der Waals surface area contributed by atoms with Crippen LogP contribution in [0.4, 0.5) is 0 Å². The van der Waals surface area contributed by atoms with Crippen molar-refractivity contribution in [3.63, 3.8) is 0 Å². The minimum atomic E-state index is 0.612. The van der Waals surface area contributed by atoms with Gasteiger partial charge in [-0.3, -0.25) is 4.98 Å². The van der Waals surface area contributed by atoms with Crippen molar-refractivity contribution in [2.24, 2.45) is 0 Å². The number of nitrogens with one attached hydrogen (secondary N) is 1. The molecule has 104 valence electrons. The summed E-state index contributed by atoms with van der Waals surface area (Å²) in [6, 6.07) is 4.55. The van der Waals surface area contributed by atoms with Crippen LogP contribution in [0.1, 0.15) is 18.4 Å². The third-order valence-electron chi connectivity index (χ3n) is 2.94. The number of hydrogen-bond acceptors (Lipinski definition) is 4. The summed E-state index contributed by atoms with van der Waals surface area (Å²) in [5.41, 5.74) is 1.03. The third kappa shape index (κ3) is 3.77. The minimum absolute atomic E-state index is 0.612. The van der Waals surface area contributed by atoms with Crippen LogP contribution in [0.2, 0.25) is 0 Å². The van der Waals surface area contributed by atoms with E-state index in [0.717, 1.165) is 21.1 Å². The largest absolute Gasteiger partial charge is 0.437 e. The van der Waals surface area contributed by atoms with Crippen LogP contribution in [-0.2, 0) is 6.54 Å². The van der Waals surface area contributed by atoms with Crippen LogP contribution in [0, 0.1) is 0 Å². The van der Waals surface area contributed by atoms with E-state index in [4.69, 9.17) is 4.74 Å². The lowest BCUT2D eigenvalue weighted by Crippen LogP contribution is -2.16. The molecule has 1 aliphatic rings. The fourth-order valence-electron chi connectivity index (χ4n) is 1.79. The third-order valence-corrected chi connectivity index (χ3v) is 3.81. The molecule has 0 atom stereocenters. The Balaban J connectivity index is 1.79. The van der Waals surface area contributed by atoms with E-state index in [0.29, 0.717) is 17.7 Å². The number of aromatic nitrogens is 2. The lowest BCUT2D eigenvalue weighted by Gasteiger charge is -2.11. The van der Waals surface area contributed by atoms with Gasteiger partial charge in [-0.1, -0.05) is 0 Å². The van der Waals surface area contributed by atoms with Crippen molar-refractivity contribution in [2.45, 2.75) is 25.4 Å². The first-order chi connectivity index (χ1) is 9.70. The van der Waals surface area contributed by atoms with E-state index in [1.54, 1.807) is 18.6 Å². The Morgan fingerprint density at radius 3 is 2.70 bits per heavy atom. The van der Waals surface area contributed by atoms with E-state index in [-0.39, 0.29) is 0 Å². The maximum Gasteiger partial charge on any atom is 0.223 e. The average Bonchev–Trinajstić information content (AvgIpc) is 3.23. The van der Waals surface area contributed by atoms with Crippen molar-refractivity contribution in [1.82, 2.24) is 15.3 Å². The van der Waals surface area contributed by atoms with Gasteiger partial charge in [0.25, 0.3) is 0 Å². The Morgan fingerprint density at radius 2 is 1.95 bits per heavy atom. The standard InChI is InChI=1S/C14H13Br2N3O/c15-10-3-9(5-18-12-1-2-12)14(19-7-10)20-13-4-11(16)6-17-8-13/h3-4,6-8,12,18H,1-2,5H2. The molecule has 1 N–H and O–H groups in total. The van der Waals surface area contributed by atoms with Crippen molar-refractivity contribution in [3.8, 4) is 11.6 Å². The van der Waals surface area contributed by atoms with Crippen molar-refractivity contribution in [2.75, 3.05) is 0 Å². The summed E-state index contributed by atoms with van der Waals surface area (Å²) in [5, 5.41) is 3.47. The highest BCUT2D eigenvalue weighted by atomic mass is 79.9. The Hall–Kier alpha value is -0.980. The molecule has 3 rings (SSSR count). The van der Waals surface area contributed by atoms with Gasteiger partial charge in [0.1, 0.15) is 5.75 Å². The monoisotopic (exact) mass is 397 g/mol. The molecule has 0 aliphatic heterocycles. The minimum Gasteiger partial charge on any atom is -0.437 e. The van der Waals surface area contributed by atoms with Gasteiger partial charge in [-0.05, 0) is 56.8 Å². The summed E-state index contributed by atoms with van der Waals surface area (Å²) >= 11 is 6.83. The zero-order valence-electron chi connectivity index (χ0n) is 10.6. The quantitative estimate of drug-likeness (QED) is 0.825. The first-order valence-corrected chi connectivity index (χ1v) is 7.95. The van der Waals surface area contributed by atoms with Gasteiger partial charge in [0.2, 0.25) is 5.88 Å². The van der Waals surface area contributed by atoms with Crippen LogP contribution < -0.4 is 10.1 Å². The molecule has 1 aliphatic carbocycles. The van der Waals surface area contributed by atoms with Gasteiger partial charge in [-0.25, -0.2) is 4.98 Å². The van der Waals surface area contributed by atoms with Gasteiger partial charge < -0.3 is 10.1 Å². The van der Waals surface area contributed by atoms with Gasteiger partial charge in [-0.15, -0.1) is 0 Å². The Bertz CT molecular complexity index is 617. The summed E-state index contributed by atoms with van der Waals surface area (Å²) in [7, 11) is 0. The molecule has 2 aromatic heterocycles. The first-order valence-electron chi connectivity index (χ1n) is 6.37. The van der Waals surface area contributed by atoms with Crippen LogP contribution >= 0.6 is 31.9 Å². The van der Waals surface area contributed by atoms with Gasteiger partial charge in [0.05, 0.1) is 6.20 Å². The van der Waals surface area contributed by atoms with Crippen molar-refractivity contribution in [1.29, 1.82) is 0 Å². The van der Waals surface area contributed by atoms with Gasteiger partial charge in [-0.2, -0.15) is 0 Å². The second-order valence-corrected chi connectivity index (χ2v) is 6.55. The molecule has 0 unspecified atom stereocenters. The summed E-state index contributed by atoms with van der Waals surface area (Å²) < 4.78 is 7.66. The fourth-order valence-corrected chi connectivity index (χ4v) is 2.51. The van der Waals surface area contributed by atoms with E-state index < -0.39 is 0 Å². The molecule has 1 fully saturated rings. The van der Waals surface area contributed by atoms with E-state index >= 15 is 0 Å². The van der Waals surface area contributed by atoms with Crippen LogP contribution in [-0.4, -0.2) is 16.0 Å². The number of pyridine rings is 2. The number of nitrogens with zero attached hydrogens (tertiary/aromatic N) is 2. The molecular formula is C14H13Br2N3O. The lowest BCUT2D eigenvalue weighted by molar-refractivity contribution is 0.450. The first kappa shape index (κ1) is 14.0. The van der Waals surface area contributed by atoms with Crippen LogP contribution in [0.25, 0.3) is 0 Å². The summed E-state index contributed by atoms with van der Waals surface area (Å²) in [6.07, 6.45) is 7.64. The second kappa shape index (κ2) is 6.20. The molecule has 2 aromatic rings. The number of ether oxygens (including phenoxy) is 1. The van der Waals surface area contributed by atoms with E-state index in [2.05, 4.69) is 47.1 Å². The highest BCUT2D eigenvalue weighted by molar-refractivity contribution is 9.10.